The van der Waals surface area contributed by atoms with E-state index in [9.17, 15) is 4.79 Å². The van der Waals surface area contributed by atoms with E-state index in [2.05, 4.69) is 25.4 Å². The molecule has 0 unspecified atom stereocenters. The maximum Gasteiger partial charge on any atom is 0.256 e. The van der Waals surface area contributed by atoms with Crippen molar-refractivity contribution in [1.82, 2.24) is 0 Å². The SMILES string of the molecule is CCc1cc(C[NH+]2CC[NH+](C)CC2)c(NC(=O)c2ccccc2)s1. The summed E-state index contributed by atoms with van der Waals surface area (Å²) >= 11 is 1.72. The lowest BCUT2D eigenvalue weighted by Gasteiger charge is -2.27. The zero-order chi connectivity index (χ0) is 16.9. The van der Waals surface area contributed by atoms with Crippen molar-refractivity contribution < 1.29 is 14.6 Å². The van der Waals surface area contributed by atoms with Crippen molar-refractivity contribution in [3.8, 4) is 0 Å². The van der Waals surface area contributed by atoms with Crippen molar-refractivity contribution in [2.75, 3.05) is 38.5 Å². The number of hydrogen-bond donors (Lipinski definition) is 3. The number of likely N-dealkylation sites (N-methyl/N-ethyl adjacent to an activating group) is 1. The van der Waals surface area contributed by atoms with Crippen LogP contribution in [0.2, 0.25) is 0 Å². The van der Waals surface area contributed by atoms with Crippen molar-refractivity contribution >= 4 is 22.2 Å². The molecular weight excluding hydrogens is 318 g/mol. The molecule has 0 saturated carbocycles. The van der Waals surface area contributed by atoms with Crippen LogP contribution >= 0.6 is 11.3 Å². The van der Waals surface area contributed by atoms with E-state index >= 15 is 0 Å². The number of nitrogens with one attached hydrogen (secondary N) is 3. The van der Waals surface area contributed by atoms with Crippen LogP contribution in [0.4, 0.5) is 5.00 Å². The summed E-state index contributed by atoms with van der Waals surface area (Å²) in [4.78, 5) is 17.1. The summed E-state index contributed by atoms with van der Waals surface area (Å²) in [6.45, 7) is 8.04. The number of thiophene rings is 1. The number of aryl methyl sites for hydroxylation is 1. The fourth-order valence-electron chi connectivity index (χ4n) is 3.14. The second-order valence-corrected chi connectivity index (χ2v) is 7.76. The predicted molar refractivity (Wildman–Crippen MR) is 99.1 cm³/mol. The van der Waals surface area contributed by atoms with Crippen LogP contribution in [-0.4, -0.2) is 39.1 Å². The van der Waals surface area contributed by atoms with E-state index in [4.69, 9.17) is 0 Å². The van der Waals surface area contributed by atoms with E-state index < -0.39 is 0 Å². The Hall–Kier alpha value is -1.69. The summed E-state index contributed by atoms with van der Waals surface area (Å²) < 4.78 is 0. The molecule has 0 spiro atoms. The molecule has 3 N–H and O–H groups in total. The molecule has 2 heterocycles. The summed E-state index contributed by atoms with van der Waals surface area (Å²) in [5.41, 5.74) is 2.00. The molecule has 4 nitrogen and oxygen atoms in total. The largest absolute Gasteiger partial charge is 0.328 e. The van der Waals surface area contributed by atoms with Crippen LogP contribution in [0.25, 0.3) is 0 Å². The predicted octanol–water partition coefficient (Wildman–Crippen LogP) is 0.476. The van der Waals surface area contributed by atoms with Gasteiger partial charge in [0.25, 0.3) is 5.91 Å². The van der Waals surface area contributed by atoms with E-state index in [1.54, 1.807) is 21.1 Å². The van der Waals surface area contributed by atoms with Gasteiger partial charge in [-0.15, -0.1) is 11.3 Å². The van der Waals surface area contributed by atoms with Crippen LogP contribution in [0.5, 0.6) is 0 Å². The summed E-state index contributed by atoms with van der Waals surface area (Å²) in [6, 6.07) is 11.7. The molecule has 0 bridgehead atoms. The minimum atomic E-state index is -0.0147. The highest BCUT2D eigenvalue weighted by atomic mass is 32.1. The maximum absolute atomic E-state index is 12.5. The highest BCUT2D eigenvalue weighted by molar-refractivity contribution is 7.16. The van der Waals surface area contributed by atoms with Crippen molar-refractivity contribution in [2.24, 2.45) is 0 Å². The molecule has 1 aromatic carbocycles. The fourth-order valence-corrected chi connectivity index (χ4v) is 4.15. The molecule has 1 saturated heterocycles. The van der Waals surface area contributed by atoms with Crippen molar-refractivity contribution in [1.29, 1.82) is 0 Å². The Morgan fingerprint density at radius 1 is 1.17 bits per heavy atom. The minimum Gasteiger partial charge on any atom is -0.328 e. The average molecular weight is 346 g/mol. The van der Waals surface area contributed by atoms with E-state index in [1.807, 2.05) is 30.3 Å². The lowest BCUT2D eigenvalue weighted by atomic mass is 10.2. The van der Waals surface area contributed by atoms with Crippen LogP contribution in [0.15, 0.2) is 36.4 Å². The van der Waals surface area contributed by atoms with Gasteiger partial charge in [-0.05, 0) is 24.6 Å². The Bertz CT molecular complexity index is 675. The Morgan fingerprint density at radius 2 is 1.88 bits per heavy atom. The molecule has 3 rings (SSSR count). The average Bonchev–Trinajstić information content (AvgIpc) is 2.99. The zero-order valence-electron chi connectivity index (χ0n) is 14.5. The van der Waals surface area contributed by atoms with Gasteiger partial charge in [0.2, 0.25) is 0 Å². The molecule has 1 fully saturated rings. The quantitative estimate of drug-likeness (QED) is 0.724. The first-order chi connectivity index (χ1) is 11.7. The number of hydrogen-bond acceptors (Lipinski definition) is 2. The zero-order valence-corrected chi connectivity index (χ0v) is 15.3. The van der Waals surface area contributed by atoms with Gasteiger partial charge in [-0.1, -0.05) is 25.1 Å². The number of amides is 1. The molecule has 1 aromatic heterocycles. The third-order valence-electron chi connectivity index (χ3n) is 4.72. The summed E-state index contributed by atoms with van der Waals surface area (Å²) in [7, 11) is 2.27. The molecule has 1 amide bonds. The number of rotatable bonds is 5. The lowest BCUT2D eigenvalue weighted by molar-refractivity contribution is -1.01. The Balaban J connectivity index is 1.72. The molecule has 1 aliphatic heterocycles. The number of piperazine rings is 1. The van der Waals surface area contributed by atoms with Crippen molar-refractivity contribution in [2.45, 2.75) is 19.9 Å². The molecule has 2 aromatic rings. The van der Waals surface area contributed by atoms with Gasteiger partial charge in [0.15, 0.2) is 0 Å². The number of anilines is 1. The number of carbonyl (C=O) groups excluding carboxylic acids is 1. The van der Waals surface area contributed by atoms with Gasteiger partial charge in [0.05, 0.1) is 7.05 Å². The minimum absolute atomic E-state index is 0.0147. The molecule has 0 atom stereocenters. The highest BCUT2D eigenvalue weighted by Crippen LogP contribution is 2.28. The first kappa shape index (κ1) is 17.1. The summed E-state index contributed by atoms with van der Waals surface area (Å²) in [6.07, 6.45) is 1.01. The number of benzene rings is 1. The second kappa shape index (κ2) is 7.92. The Labute approximate surface area is 148 Å². The van der Waals surface area contributed by atoms with Gasteiger partial charge in [-0.3, -0.25) is 4.79 Å². The van der Waals surface area contributed by atoms with E-state index in [1.165, 1.54) is 36.6 Å². The molecule has 128 valence electrons. The van der Waals surface area contributed by atoms with Gasteiger partial charge in [0.1, 0.15) is 37.7 Å². The molecule has 1 aliphatic rings. The van der Waals surface area contributed by atoms with Crippen LogP contribution in [-0.2, 0) is 13.0 Å². The van der Waals surface area contributed by atoms with Crippen LogP contribution in [0, 0.1) is 0 Å². The van der Waals surface area contributed by atoms with Crippen LogP contribution < -0.4 is 15.1 Å². The van der Waals surface area contributed by atoms with E-state index in [0.717, 1.165) is 18.0 Å². The molecule has 5 heteroatoms. The first-order valence-electron chi connectivity index (χ1n) is 8.78. The van der Waals surface area contributed by atoms with E-state index in [0.29, 0.717) is 5.56 Å². The molecule has 0 radical (unpaired) electrons. The fraction of sp³-hybridized carbons (Fsp3) is 0.421. The third-order valence-corrected chi connectivity index (χ3v) is 5.96. The molecular formula is C19H27N3OS+2. The monoisotopic (exact) mass is 345 g/mol. The first-order valence-corrected chi connectivity index (χ1v) is 9.60. The molecule has 24 heavy (non-hydrogen) atoms. The van der Waals surface area contributed by atoms with Gasteiger partial charge < -0.3 is 15.1 Å². The number of quaternary nitrogens is 2. The topological polar surface area (TPSA) is 38.0 Å². The standard InChI is InChI=1S/C19H25N3OS/c1-3-17-13-16(14-22-11-9-21(2)10-12-22)19(24-17)20-18(23)15-7-5-4-6-8-15/h4-8,13H,3,9-12,14H2,1-2H3,(H,20,23)/p+2. The van der Waals surface area contributed by atoms with E-state index in [-0.39, 0.29) is 5.91 Å². The van der Waals surface area contributed by atoms with Crippen molar-refractivity contribution in [3.63, 3.8) is 0 Å². The van der Waals surface area contributed by atoms with Gasteiger partial charge >= 0.3 is 0 Å². The lowest BCUT2D eigenvalue weighted by Crippen LogP contribution is -3.26. The maximum atomic E-state index is 12.5. The molecule has 0 aliphatic carbocycles. The normalized spacial score (nSPS) is 20.8. The summed E-state index contributed by atoms with van der Waals surface area (Å²) in [5.74, 6) is -0.0147. The third kappa shape index (κ3) is 4.23. The smallest absolute Gasteiger partial charge is 0.256 e. The highest BCUT2D eigenvalue weighted by Gasteiger charge is 2.22. The van der Waals surface area contributed by atoms with Gasteiger partial charge in [0, 0.05) is 16.0 Å². The Morgan fingerprint density at radius 3 is 2.54 bits per heavy atom. The number of carbonyl (C=O) groups is 1. The second-order valence-electron chi connectivity index (χ2n) is 6.62. The van der Waals surface area contributed by atoms with Gasteiger partial charge in [-0.25, -0.2) is 0 Å². The van der Waals surface area contributed by atoms with Crippen molar-refractivity contribution in [3.05, 3.63) is 52.4 Å². The van der Waals surface area contributed by atoms with Crippen LogP contribution in [0.3, 0.4) is 0 Å². The summed E-state index contributed by atoms with van der Waals surface area (Å²) in [5, 5.41) is 4.17. The van der Waals surface area contributed by atoms with Crippen LogP contribution in [0.1, 0.15) is 27.7 Å². The van der Waals surface area contributed by atoms with Gasteiger partial charge in [-0.2, -0.15) is 0 Å². The Kier molecular flexibility index (Phi) is 5.66.